The maximum Gasteiger partial charge on any atom is 0.237 e. The van der Waals surface area contributed by atoms with Crippen LogP contribution >= 0.6 is 0 Å². The summed E-state index contributed by atoms with van der Waals surface area (Å²) in [6.07, 6.45) is 4.62. The predicted octanol–water partition coefficient (Wildman–Crippen LogP) is 2.34. The van der Waals surface area contributed by atoms with Gasteiger partial charge in [-0.15, -0.1) is 0 Å². The molecule has 1 N–H and O–H groups in total. The highest BCUT2D eigenvalue weighted by Crippen LogP contribution is 2.27. The fourth-order valence-electron chi connectivity index (χ4n) is 4.21. The number of hydrogen-bond acceptors (Lipinski definition) is 3. The molecule has 1 saturated heterocycles. The van der Waals surface area contributed by atoms with E-state index in [-0.39, 0.29) is 30.4 Å². The van der Waals surface area contributed by atoms with Gasteiger partial charge in [0, 0.05) is 18.6 Å². The summed E-state index contributed by atoms with van der Waals surface area (Å²) in [5.74, 6) is 0.148. The SMILES string of the molecule is CC(C)N(C(=O)CN1CC(=O)NCC1c1ccccc1)C1CCCC1. The highest BCUT2D eigenvalue weighted by molar-refractivity contribution is 5.82. The van der Waals surface area contributed by atoms with E-state index >= 15 is 0 Å². The van der Waals surface area contributed by atoms with Crippen LogP contribution in [-0.4, -0.2) is 53.3 Å². The number of piperazine rings is 1. The Labute approximate surface area is 150 Å². The summed E-state index contributed by atoms with van der Waals surface area (Å²) in [7, 11) is 0. The summed E-state index contributed by atoms with van der Waals surface area (Å²) in [6, 6.07) is 10.7. The van der Waals surface area contributed by atoms with Gasteiger partial charge in [0.15, 0.2) is 0 Å². The van der Waals surface area contributed by atoms with Crippen molar-refractivity contribution in [1.29, 1.82) is 0 Å². The zero-order chi connectivity index (χ0) is 17.8. The van der Waals surface area contributed by atoms with E-state index < -0.39 is 0 Å². The second kappa shape index (κ2) is 8.00. The van der Waals surface area contributed by atoms with Crippen molar-refractivity contribution in [3.63, 3.8) is 0 Å². The molecule has 5 heteroatoms. The average molecular weight is 343 g/mol. The summed E-state index contributed by atoms with van der Waals surface area (Å²) in [6.45, 7) is 5.33. The monoisotopic (exact) mass is 343 g/mol. The molecule has 136 valence electrons. The number of nitrogens with zero attached hydrogens (tertiary/aromatic N) is 2. The predicted molar refractivity (Wildman–Crippen MR) is 98.0 cm³/mol. The van der Waals surface area contributed by atoms with Crippen LogP contribution < -0.4 is 5.32 Å². The third-order valence-electron chi connectivity index (χ3n) is 5.37. The van der Waals surface area contributed by atoms with Crippen molar-refractivity contribution in [2.75, 3.05) is 19.6 Å². The molecule has 2 amide bonds. The lowest BCUT2D eigenvalue weighted by Gasteiger charge is -2.39. The van der Waals surface area contributed by atoms with E-state index in [0.717, 1.165) is 18.4 Å². The topological polar surface area (TPSA) is 52.7 Å². The molecule has 1 aromatic rings. The molecule has 2 fully saturated rings. The number of carbonyl (C=O) groups is 2. The third kappa shape index (κ3) is 4.21. The van der Waals surface area contributed by atoms with Crippen LogP contribution in [0, 0.1) is 0 Å². The Morgan fingerprint density at radius 3 is 2.56 bits per heavy atom. The van der Waals surface area contributed by atoms with Gasteiger partial charge in [-0.2, -0.15) is 0 Å². The van der Waals surface area contributed by atoms with Gasteiger partial charge in [-0.25, -0.2) is 0 Å². The quantitative estimate of drug-likeness (QED) is 0.893. The van der Waals surface area contributed by atoms with Crippen molar-refractivity contribution in [1.82, 2.24) is 15.1 Å². The Morgan fingerprint density at radius 2 is 1.92 bits per heavy atom. The van der Waals surface area contributed by atoms with Crippen molar-refractivity contribution in [2.24, 2.45) is 0 Å². The number of amides is 2. The first-order valence-corrected chi connectivity index (χ1v) is 9.43. The zero-order valence-electron chi connectivity index (χ0n) is 15.3. The first kappa shape index (κ1) is 17.9. The Hall–Kier alpha value is -1.88. The molecule has 1 atom stereocenters. The van der Waals surface area contributed by atoms with Gasteiger partial charge in [0.2, 0.25) is 11.8 Å². The van der Waals surface area contributed by atoms with Crippen molar-refractivity contribution in [2.45, 2.75) is 57.7 Å². The lowest BCUT2D eigenvalue weighted by molar-refractivity contribution is -0.139. The number of benzene rings is 1. The van der Waals surface area contributed by atoms with Gasteiger partial charge in [-0.1, -0.05) is 43.2 Å². The lowest BCUT2D eigenvalue weighted by atomic mass is 10.0. The minimum Gasteiger partial charge on any atom is -0.353 e. The molecular weight excluding hydrogens is 314 g/mol. The van der Waals surface area contributed by atoms with E-state index in [0.29, 0.717) is 19.1 Å². The molecule has 0 aromatic heterocycles. The lowest BCUT2D eigenvalue weighted by Crippen LogP contribution is -2.54. The number of carbonyl (C=O) groups excluding carboxylic acids is 2. The van der Waals surface area contributed by atoms with E-state index in [2.05, 4.69) is 36.2 Å². The summed E-state index contributed by atoms with van der Waals surface area (Å²) in [5, 5.41) is 2.94. The van der Waals surface area contributed by atoms with Crippen LogP contribution in [0.4, 0.5) is 0 Å². The maximum absolute atomic E-state index is 13.1. The highest BCUT2D eigenvalue weighted by Gasteiger charge is 2.33. The Balaban J connectivity index is 1.74. The second-order valence-electron chi connectivity index (χ2n) is 7.47. The number of nitrogens with one attached hydrogen (secondary N) is 1. The largest absolute Gasteiger partial charge is 0.353 e. The Morgan fingerprint density at radius 1 is 1.24 bits per heavy atom. The Bertz CT molecular complexity index is 596. The van der Waals surface area contributed by atoms with Crippen LogP contribution in [0.5, 0.6) is 0 Å². The summed E-state index contributed by atoms with van der Waals surface area (Å²) >= 11 is 0. The van der Waals surface area contributed by atoms with Crippen LogP contribution in [0.2, 0.25) is 0 Å². The van der Waals surface area contributed by atoms with Crippen molar-refractivity contribution < 1.29 is 9.59 Å². The molecule has 0 radical (unpaired) electrons. The van der Waals surface area contributed by atoms with Gasteiger partial charge in [-0.05, 0) is 32.3 Å². The van der Waals surface area contributed by atoms with E-state index in [1.807, 2.05) is 23.1 Å². The molecule has 1 aliphatic carbocycles. The normalized spacial score (nSPS) is 22.2. The molecule has 2 aliphatic rings. The summed E-state index contributed by atoms with van der Waals surface area (Å²) in [5.41, 5.74) is 1.15. The standard InChI is InChI=1S/C20H29N3O2/c1-15(2)23(17-10-6-7-11-17)20(25)14-22-13-19(24)21-12-18(22)16-8-4-3-5-9-16/h3-5,8-9,15,17-18H,6-7,10-14H2,1-2H3,(H,21,24). The van der Waals surface area contributed by atoms with Gasteiger partial charge < -0.3 is 10.2 Å². The molecule has 0 bridgehead atoms. The van der Waals surface area contributed by atoms with Crippen LogP contribution in [0.3, 0.4) is 0 Å². The minimum absolute atomic E-state index is 0.00283. The fraction of sp³-hybridized carbons (Fsp3) is 0.600. The van der Waals surface area contributed by atoms with Crippen LogP contribution in [0.25, 0.3) is 0 Å². The van der Waals surface area contributed by atoms with Crippen LogP contribution in [-0.2, 0) is 9.59 Å². The van der Waals surface area contributed by atoms with Crippen molar-refractivity contribution in [3.05, 3.63) is 35.9 Å². The molecule has 3 rings (SSSR count). The van der Waals surface area contributed by atoms with Gasteiger partial charge in [0.05, 0.1) is 19.1 Å². The van der Waals surface area contributed by atoms with Gasteiger partial charge >= 0.3 is 0 Å². The first-order valence-electron chi connectivity index (χ1n) is 9.43. The Kier molecular flexibility index (Phi) is 5.74. The molecule has 5 nitrogen and oxygen atoms in total. The van der Waals surface area contributed by atoms with Crippen LogP contribution in [0.15, 0.2) is 30.3 Å². The molecular formula is C20H29N3O2. The maximum atomic E-state index is 13.1. The van der Waals surface area contributed by atoms with Gasteiger partial charge in [0.25, 0.3) is 0 Å². The summed E-state index contributed by atoms with van der Waals surface area (Å²) in [4.78, 5) is 29.1. The molecule has 1 heterocycles. The van der Waals surface area contributed by atoms with Crippen molar-refractivity contribution >= 4 is 11.8 Å². The fourth-order valence-corrected chi connectivity index (χ4v) is 4.21. The van der Waals surface area contributed by atoms with E-state index in [1.165, 1.54) is 12.8 Å². The third-order valence-corrected chi connectivity index (χ3v) is 5.37. The van der Waals surface area contributed by atoms with E-state index in [1.54, 1.807) is 0 Å². The van der Waals surface area contributed by atoms with Gasteiger partial charge in [0.1, 0.15) is 0 Å². The first-order chi connectivity index (χ1) is 12.1. The van der Waals surface area contributed by atoms with E-state index in [4.69, 9.17) is 0 Å². The molecule has 1 aliphatic heterocycles. The summed E-state index contributed by atoms with van der Waals surface area (Å²) < 4.78 is 0. The molecule has 25 heavy (non-hydrogen) atoms. The highest BCUT2D eigenvalue weighted by atomic mass is 16.2. The number of hydrogen-bond donors (Lipinski definition) is 1. The zero-order valence-corrected chi connectivity index (χ0v) is 15.3. The molecule has 1 aromatic carbocycles. The van der Waals surface area contributed by atoms with Gasteiger partial charge in [-0.3, -0.25) is 14.5 Å². The molecule has 1 unspecified atom stereocenters. The second-order valence-corrected chi connectivity index (χ2v) is 7.47. The molecule has 1 saturated carbocycles. The smallest absolute Gasteiger partial charge is 0.237 e. The molecule has 0 spiro atoms. The van der Waals surface area contributed by atoms with Crippen molar-refractivity contribution in [3.8, 4) is 0 Å². The van der Waals surface area contributed by atoms with Crippen LogP contribution in [0.1, 0.15) is 51.1 Å². The minimum atomic E-state index is -0.00283. The van der Waals surface area contributed by atoms with E-state index in [9.17, 15) is 9.59 Å². The average Bonchev–Trinajstić information content (AvgIpc) is 3.09. The number of rotatable bonds is 5.